The molecule has 0 aliphatic carbocycles. The first kappa shape index (κ1) is 21.9. The van der Waals surface area contributed by atoms with Crippen molar-refractivity contribution < 1.29 is 23.8 Å². The molecule has 3 atom stereocenters. The highest BCUT2D eigenvalue weighted by molar-refractivity contribution is 6.02. The fourth-order valence-corrected chi connectivity index (χ4v) is 4.70. The van der Waals surface area contributed by atoms with Crippen LogP contribution in [0, 0.1) is 5.21 Å². The predicted molar refractivity (Wildman–Crippen MR) is 114 cm³/mol. The molecule has 1 aromatic carbocycles. The summed E-state index contributed by atoms with van der Waals surface area (Å²) in [4.78, 5) is 36.6. The first-order valence-electron chi connectivity index (χ1n) is 11.1. The van der Waals surface area contributed by atoms with E-state index in [1.165, 1.54) is 0 Å². The number of nitrogens with one attached hydrogen (secondary N) is 3. The minimum atomic E-state index is -1.26. The summed E-state index contributed by atoms with van der Waals surface area (Å²) in [6.45, 7) is 4.58. The lowest BCUT2D eigenvalue weighted by Gasteiger charge is -2.42. The van der Waals surface area contributed by atoms with Crippen LogP contribution in [-0.2, 0) is 20.9 Å². The van der Waals surface area contributed by atoms with Crippen molar-refractivity contribution in [3.63, 3.8) is 0 Å². The number of carbonyl (C=O) groups excluding carboxylic acids is 3. The highest BCUT2D eigenvalue weighted by Gasteiger charge is 2.50. The number of benzene rings is 1. The van der Waals surface area contributed by atoms with Crippen molar-refractivity contribution in [2.45, 2.75) is 63.8 Å². The second-order valence-electron chi connectivity index (χ2n) is 8.67. The summed E-state index contributed by atoms with van der Waals surface area (Å²) in [5.74, 6) is -1.68. The highest BCUT2D eigenvalue weighted by atomic mass is 16.6. The molecule has 0 bridgehead atoms. The van der Waals surface area contributed by atoms with Gasteiger partial charge in [0.1, 0.15) is 6.54 Å². The molecule has 168 valence electrons. The van der Waals surface area contributed by atoms with Crippen LogP contribution in [0.2, 0.25) is 0 Å². The normalized spacial score (nSPS) is 27.7. The first-order valence-corrected chi connectivity index (χ1v) is 11.1. The molecule has 0 radical (unpaired) electrons. The molecule has 0 aromatic heterocycles. The quantitative estimate of drug-likeness (QED) is 0.340. The third-order valence-corrected chi connectivity index (χ3v) is 6.43. The number of nitrogens with zero attached hydrogens (tertiary/aromatic N) is 1. The van der Waals surface area contributed by atoms with Gasteiger partial charge in [0, 0.05) is 30.6 Å². The fraction of sp³-hybridized carbons (Fsp3) is 0.591. The lowest BCUT2D eigenvalue weighted by atomic mass is 10.0. The van der Waals surface area contributed by atoms with Crippen LogP contribution in [-0.4, -0.2) is 60.3 Å². The number of anilines is 1. The SMILES string of the molecule is CC(CCNc1cccc2c1C[N+]([O-])(C1CCC(=O)NC1=O)C2=O)OC1CCNCC1. The molecular formula is C22H30N4O5. The van der Waals surface area contributed by atoms with E-state index in [4.69, 9.17) is 4.74 Å². The Morgan fingerprint density at radius 2 is 2.00 bits per heavy atom. The van der Waals surface area contributed by atoms with Gasteiger partial charge in [-0.05, 0) is 51.4 Å². The zero-order chi connectivity index (χ0) is 22.0. The van der Waals surface area contributed by atoms with Crippen molar-refractivity contribution in [3.8, 4) is 0 Å². The van der Waals surface area contributed by atoms with E-state index in [1.807, 2.05) is 6.07 Å². The smallest absolute Gasteiger partial charge is 0.347 e. The standard InChI is InChI=1S/C22H30N4O5/c1-14(31-15-8-10-23-11-9-15)7-12-24-18-4-2-3-16-17(18)13-26(30,22(16)29)19-5-6-20(27)25-21(19)28/h2-4,14-15,19,23-24H,5-13H2,1H3,(H,25,27,28). The first-order chi connectivity index (χ1) is 14.9. The van der Waals surface area contributed by atoms with Crippen LogP contribution >= 0.6 is 0 Å². The number of amides is 3. The second kappa shape index (κ2) is 9.04. The van der Waals surface area contributed by atoms with Gasteiger partial charge in [0.2, 0.25) is 5.91 Å². The topological polar surface area (TPSA) is 120 Å². The van der Waals surface area contributed by atoms with Gasteiger partial charge >= 0.3 is 5.91 Å². The molecule has 0 saturated carbocycles. The summed E-state index contributed by atoms with van der Waals surface area (Å²) in [6.07, 6.45) is 3.40. The summed E-state index contributed by atoms with van der Waals surface area (Å²) < 4.78 is 4.85. The molecule has 3 unspecified atom stereocenters. The number of imide groups is 1. The summed E-state index contributed by atoms with van der Waals surface area (Å²) in [5, 5.41) is 22.3. The van der Waals surface area contributed by atoms with Gasteiger partial charge in [0.25, 0.3) is 5.91 Å². The van der Waals surface area contributed by atoms with E-state index in [0.717, 1.165) is 38.0 Å². The van der Waals surface area contributed by atoms with Gasteiger partial charge in [-0.2, -0.15) is 0 Å². The minimum absolute atomic E-state index is 0.0718. The minimum Gasteiger partial charge on any atom is -0.624 e. The summed E-state index contributed by atoms with van der Waals surface area (Å²) in [7, 11) is 0. The molecule has 9 heteroatoms. The van der Waals surface area contributed by atoms with Gasteiger partial charge in [0.05, 0.1) is 17.8 Å². The second-order valence-corrected chi connectivity index (χ2v) is 8.67. The van der Waals surface area contributed by atoms with Crippen molar-refractivity contribution in [3.05, 3.63) is 34.5 Å². The number of ether oxygens (including phenoxy) is 1. The monoisotopic (exact) mass is 430 g/mol. The van der Waals surface area contributed by atoms with Crippen molar-refractivity contribution >= 4 is 23.4 Å². The molecule has 0 spiro atoms. The van der Waals surface area contributed by atoms with Gasteiger partial charge in [-0.25, -0.2) is 4.79 Å². The average Bonchev–Trinajstić information content (AvgIpc) is 3.01. The van der Waals surface area contributed by atoms with E-state index in [1.54, 1.807) is 12.1 Å². The maximum atomic E-state index is 13.5. The van der Waals surface area contributed by atoms with Gasteiger partial charge in [-0.1, -0.05) is 6.07 Å². The van der Waals surface area contributed by atoms with E-state index in [-0.39, 0.29) is 25.5 Å². The average molecular weight is 431 g/mol. The predicted octanol–water partition coefficient (Wildman–Crippen LogP) is 1.42. The Morgan fingerprint density at radius 3 is 2.74 bits per heavy atom. The number of quaternary nitrogens is 1. The van der Waals surface area contributed by atoms with Crippen molar-refractivity contribution in [1.82, 2.24) is 10.6 Å². The summed E-state index contributed by atoms with van der Waals surface area (Å²) >= 11 is 0. The zero-order valence-electron chi connectivity index (χ0n) is 17.8. The maximum Gasteiger partial charge on any atom is 0.347 e. The van der Waals surface area contributed by atoms with E-state index in [2.05, 4.69) is 22.9 Å². The zero-order valence-corrected chi connectivity index (χ0v) is 17.8. The summed E-state index contributed by atoms with van der Waals surface area (Å²) in [6, 6.07) is 4.14. The largest absolute Gasteiger partial charge is 0.624 e. The number of hydrogen-bond donors (Lipinski definition) is 3. The van der Waals surface area contributed by atoms with Gasteiger partial charge < -0.3 is 20.6 Å². The van der Waals surface area contributed by atoms with Crippen LogP contribution < -0.4 is 16.0 Å². The van der Waals surface area contributed by atoms with E-state index in [9.17, 15) is 19.6 Å². The number of fused-ring (bicyclic) bond motifs is 1. The van der Waals surface area contributed by atoms with Crippen LogP contribution in [0.5, 0.6) is 0 Å². The Morgan fingerprint density at radius 1 is 1.23 bits per heavy atom. The highest BCUT2D eigenvalue weighted by Crippen LogP contribution is 2.37. The molecule has 1 aromatic rings. The lowest BCUT2D eigenvalue weighted by Crippen LogP contribution is -2.60. The van der Waals surface area contributed by atoms with Gasteiger partial charge in [-0.3, -0.25) is 19.6 Å². The van der Waals surface area contributed by atoms with Gasteiger partial charge in [0.15, 0.2) is 6.04 Å². The number of carbonyl (C=O) groups is 3. The number of hydrogen-bond acceptors (Lipinski definition) is 7. The van der Waals surface area contributed by atoms with Crippen molar-refractivity contribution in [2.75, 3.05) is 25.0 Å². The fourth-order valence-electron chi connectivity index (χ4n) is 4.70. The van der Waals surface area contributed by atoms with E-state index in [0.29, 0.717) is 23.8 Å². The molecule has 31 heavy (non-hydrogen) atoms. The third kappa shape index (κ3) is 4.50. The molecule has 3 aliphatic heterocycles. The van der Waals surface area contributed by atoms with Crippen molar-refractivity contribution in [1.29, 1.82) is 0 Å². The molecule has 2 saturated heterocycles. The molecule has 2 fully saturated rings. The van der Waals surface area contributed by atoms with E-state index >= 15 is 0 Å². The Labute approximate surface area is 181 Å². The van der Waals surface area contributed by atoms with Gasteiger partial charge in [-0.15, -0.1) is 0 Å². The maximum absolute atomic E-state index is 13.5. The molecule has 3 N–H and O–H groups in total. The number of hydroxylamine groups is 3. The van der Waals surface area contributed by atoms with Crippen LogP contribution in [0.1, 0.15) is 54.9 Å². The molecule has 3 heterocycles. The Hall–Kier alpha value is -2.33. The van der Waals surface area contributed by atoms with Crippen molar-refractivity contribution in [2.24, 2.45) is 0 Å². The van der Waals surface area contributed by atoms with Crippen LogP contribution in [0.25, 0.3) is 0 Å². The van der Waals surface area contributed by atoms with Crippen LogP contribution in [0.15, 0.2) is 18.2 Å². The number of rotatable bonds is 7. The Bertz CT molecular complexity index is 869. The van der Waals surface area contributed by atoms with E-state index < -0.39 is 28.4 Å². The lowest BCUT2D eigenvalue weighted by molar-refractivity contribution is -0.825. The van der Waals surface area contributed by atoms with Crippen LogP contribution in [0.4, 0.5) is 5.69 Å². The molecule has 3 amide bonds. The Kier molecular flexibility index (Phi) is 6.38. The third-order valence-electron chi connectivity index (χ3n) is 6.43. The van der Waals surface area contributed by atoms with Crippen LogP contribution in [0.3, 0.4) is 0 Å². The molecular weight excluding hydrogens is 400 g/mol. The molecule has 4 rings (SSSR count). The number of piperidine rings is 2. The molecule has 3 aliphatic rings. The summed E-state index contributed by atoms with van der Waals surface area (Å²) in [5.41, 5.74) is 1.73. The Balaban J connectivity index is 1.39. The molecule has 9 nitrogen and oxygen atoms in total.